The van der Waals surface area contributed by atoms with Gasteiger partial charge in [-0.05, 0) is 42.9 Å². The Labute approximate surface area is 101 Å². The van der Waals surface area contributed by atoms with Crippen LogP contribution in [0, 0.1) is 17.0 Å². The van der Waals surface area contributed by atoms with E-state index in [9.17, 15) is 13.9 Å². The molecule has 0 saturated carbocycles. The van der Waals surface area contributed by atoms with Gasteiger partial charge < -0.3 is 5.11 Å². The van der Waals surface area contributed by atoms with Gasteiger partial charge in [0.2, 0.25) is 0 Å². The van der Waals surface area contributed by atoms with Crippen LogP contribution >= 0.6 is 0 Å². The van der Waals surface area contributed by atoms with Crippen molar-refractivity contribution in [3.63, 3.8) is 0 Å². The minimum atomic E-state index is -1.20. The van der Waals surface area contributed by atoms with Gasteiger partial charge in [-0.1, -0.05) is 20.8 Å². The Morgan fingerprint density at radius 2 is 1.41 bits per heavy atom. The predicted octanol–water partition coefficient (Wildman–Crippen LogP) is 4.00. The van der Waals surface area contributed by atoms with E-state index in [0.717, 1.165) is 12.5 Å². The molecule has 1 nitrogen and oxygen atoms in total. The van der Waals surface area contributed by atoms with Gasteiger partial charge in [-0.25, -0.2) is 8.78 Å². The summed E-state index contributed by atoms with van der Waals surface area (Å²) < 4.78 is 26.2. The number of hydrogen-bond donors (Lipinski definition) is 1. The minimum Gasteiger partial charge on any atom is -0.385 e. The van der Waals surface area contributed by atoms with Gasteiger partial charge >= 0.3 is 0 Å². The summed E-state index contributed by atoms with van der Waals surface area (Å²) in [4.78, 5) is 0. The molecule has 0 radical (unpaired) electrons. The fraction of sp³-hybridized carbons (Fsp3) is 0.571. The van der Waals surface area contributed by atoms with Gasteiger partial charge in [-0.15, -0.1) is 0 Å². The first-order valence-electron chi connectivity index (χ1n) is 5.79. The smallest absolute Gasteiger partial charge is 0.126 e. The monoisotopic (exact) mass is 242 g/mol. The number of benzene rings is 1. The van der Waals surface area contributed by atoms with Crippen LogP contribution in [0.5, 0.6) is 0 Å². The lowest BCUT2D eigenvalue weighted by atomic mass is 9.82. The number of rotatable bonds is 3. The van der Waals surface area contributed by atoms with Crippen LogP contribution in [-0.4, -0.2) is 5.11 Å². The van der Waals surface area contributed by atoms with E-state index in [1.54, 1.807) is 6.92 Å². The second kappa shape index (κ2) is 4.73. The third-order valence-electron chi connectivity index (χ3n) is 2.85. The van der Waals surface area contributed by atoms with E-state index < -0.39 is 17.2 Å². The molecule has 0 aromatic heterocycles. The molecule has 0 heterocycles. The summed E-state index contributed by atoms with van der Waals surface area (Å²) in [6.45, 7) is 7.78. The van der Waals surface area contributed by atoms with E-state index in [0.29, 0.717) is 12.0 Å². The molecule has 0 bridgehead atoms. The molecular weight excluding hydrogens is 222 g/mol. The van der Waals surface area contributed by atoms with Crippen LogP contribution in [0.15, 0.2) is 18.2 Å². The van der Waals surface area contributed by atoms with Crippen molar-refractivity contribution in [1.29, 1.82) is 0 Å². The molecule has 1 aromatic rings. The fourth-order valence-electron chi connectivity index (χ4n) is 1.63. The maximum Gasteiger partial charge on any atom is 0.126 e. The van der Waals surface area contributed by atoms with Crippen LogP contribution in [0.4, 0.5) is 8.78 Å². The van der Waals surface area contributed by atoms with Crippen molar-refractivity contribution >= 4 is 0 Å². The first-order valence-corrected chi connectivity index (χ1v) is 5.79. The standard InChI is InChI=1S/C14H20F2O/c1-13(2,3)5-6-14(4,17)10-7-11(15)9-12(16)8-10/h7-9,17H,5-6H2,1-4H3. The van der Waals surface area contributed by atoms with Crippen LogP contribution in [0.25, 0.3) is 0 Å². The Morgan fingerprint density at radius 3 is 1.82 bits per heavy atom. The minimum absolute atomic E-state index is 0.0792. The molecule has 0 aliphatic carbocycles. The van der Waals surface area contributed by atoms with Gasteiger partial charge in [-0.3, -0.25) is 0 Å². The number of halogens is 2. The maximum absolute atomic E-state index is 13.1. The molecule has 1 atom stereocenters. The Hall–Kier alpha value is -0.960. The average Bonchev–Trinajstić information content (AvgIpc) is 2.12. The molecule has 0 aliphatic heterocycles. The highest BCUT2D eigenvalue weighted by Gasteiger charge is 2.26. The summed E-state index contributed by atoms with van der Waals surface area (Å²) in [6, 6.07) is 3.18. The van der Waals surface area contributed by atoms with Crippen LogP contribution in [0.1, 0.15) is 46.1 Å². The molecule has 0 saturated heterocycles. The van der Waals surface area contributed by atoms with Crippen molar-refractivity contribution in [2.24, 2.45) is 5.41 Å². The molecule has 3 heteroatoms. The zero-order valence-electron chi connectivity index (χ0n) is 10.8. The second-order valence-corrected chi connectivity index (χ2v) is 5.99. The van der Waals surface area contributed by atoms with Gasteiger partial charge in [0, 0.05) is 6.07 Å². The SMILES string of the molecule is CC(C)(C)CCC(C)(O)c1cc(F)cc(F)c1. The third kappa shape index (κ3) is 4.43. The van der Waals surface area contributed by atoms with E-state index in [2.05, 4.69) is 20.8 Å². The first kappa shape index (κ1) is 14.1. The van der Waals surface area contributed by atoms with Crippen molar-refractivity contribution in [3.8, 4) is 0 Å². The fourth-order valence-corrected chi connectivity index (χ4v) is 1.63. The predicted molar refractivity (Wildman–Crippen MR) is 64.6 cm³/mol. The van der Waals surface area contributed by atoms with E-state index in [1.807, 2.05) is 0 Å². The normalized spacial score (nSPS) is 15.7. The van der Waals surface area contributed by atoms with Crippen molar-refractivity contribution in [2.45, 2.75) is 46.1 Å². The summed E-state index contributed by atoms with van der Waals surface area (Å²) in [7, 11) is 0. The topological polar surface area (TPSA) is 20.2 Å². The zero-order valence-corrected chi connectivity index (χ0v) is 10.8. The van der Waals surface area contributed by atoms with Gasteiger partial charge in [-0.2, -0.15) is 0 Å². The summed E-state index contributed by atoms with van der Waals surface area (Å²) in [6.07, 6.45) is 1.25. The Kier molecular flexibility index (Phi) is 3.92. The molecule has 0 amide bonds. The molecule has 0 spiro atoms. The van der Waals surface area contributed by atoms with E-state index in [4.69, 9.17) is 0 Å². The lowest BCUT2D eigenvalue weighted by Gasteiger charge is -2.28. The Balaban J connectivity index is 2.88. The highest BCUT2D eigenvalue weighted by Crippen LogP contribution is 2.32. The van der Waals surface area contributed by atoms with E-state index >= 15 is 0 Å². The lowest BCUT2D eigenvalue weighted by Crippen LogP contribution is -2.24. The molecule has 1 rings (SSSR count). The second-order valence-electron chi connectivity index (χ2n) is 5.99. The van der Waals surface area contributed by atoms with Crippen molar-refractivity contribution in [3.05, 3.63) is 35.4 Å². The van der Waals surface area contributed by atoms with Crippen LogP contribution in [-0.2, 0) is 5.60 Å². The van der Waals surface area contributed by atoms with Gasteiger partial charge in [0.15, 0.2) is 0 Å². The lowest BCUT2D eigenvalue weighted by molar-refractivity contribution is 0.0352. The summed E-state index contributed by atoms with van der Waals surface area (Å²) in [5.74, 6) is -1.31. The number of aliphatic hydroxyl groups is 1. The molecule has 0 aliphatic rings. The van der Waals surface area contributed by atoms with Gasteiger partial charge in [0.25, 0.3) is 0 Å². The molecule has 96 valence electrons. The molecule has 1 unspecified atom stereocenters. The largest absolute Gasteiger partial charge is 0.385 e. The van der Waals surface area contributed by atoms with Gasteiger partial charge in [0.05, 0.1) is 5.60 Å². The molecule has 1 N–H and O–H groups in total. The zero-order chi connectivity index (χ0) is 13.3. The van der Waals surface area contributed by atoms with Gasteiger partial charge in [0.1, 0.15) is 11.6 Å². The highest BCUT2D eigenvalue weighted by atomic mass is 19.1. The average molecular weight is 242 g/mol. The summed E-state index contributed by atoms with van der Waals surface area (Å²) in [5, 5.41) is 10.3. The molecule has 17 heavy (non-hydrogen) atoms. The Bertz CT molecular complexity index is 371. The number of hydrogen-bond acceptors (Lipinski definition) is 1. The maximum atomic E-state index is 13.1. The van der Waals surface area contributed by atoms with Crippen LogP contribution in [0.2, 0.25) is 0 Å². The van der Waals surface area contributed by atoms with Crippen LogP contribution < -0.4 is 0 Å². The van der Waals surface area contributed by atoms with E-state index in [1.165, 1.54) is 12.1 Å². The molecular formula is C14H20F2O. The first-order chi connectivity index (χ1) is 7.60. The van der Waals surface area contributed by atoms with Crippen LogP contribution in [0.3, 0.4) is 0 Å². The Morgan fingerprint density at radius 1 is 0.941 bits per heavy atom. The molecule has 0 fully saturated rings. The summed E-state index contributed by atoms with van der Waals surface area (Å²) >= 11 is 0. The molecule has 1 aromatic carbocycles. The van der Waals surface area contributed by atoms with Crippen molar-refractivity contribution < 1.29 is 13.9 Å². The summed E-state index contributed by atoms with van der Waals surface area (Å²) in [5.41, 5.74) is -0.828. The highest BCUT2D eigenvalue weighted by molar-refractivity contribution is 5.23. The van der Waals surface area contributed by atoms with E-state index in [-0.39, 0.29) is 5.41 Å². The third-order valence-corrected chi connectivity index (χ3v) is 2.85. The van der Waals surface area contributed by atoms with Crippen molar-refractivity contribution in [2.75, 3.05) is 0 Å². The quantitative estimate of drug-likeness (QED) is 0.849. The van der Waals surface area contributed by atoms with Crippen molar-refractivity contribution in [1.82, 2.24) is 0 Å².